The van der Waals surface area contributed by atoms with Crippen molar-refractivity contribution in [3.05, 3.63) is 87.8 Å². The van der Waals surface area contributed by atoms with Gasteiger partial charge in [-0.05, 0) is 48.9 Å². The predicted octanol–water partition coefficient (Wildman–Crippen LogP) is 6.30. The highest BCUT2D eigenvalue weighted by molar-refractivity contribution is 7.14. The number of methoxy groups -OCH3 is 1. The van der Waals surface area contributed by atoms with E-state index in [1.807, 2.05) is 48.7 Å². The molecule has 9 heteroatoms. The summed E-state index contributed by atoms with van der Waals surface area (Å²) in [5, 5.41) is 10.4. The number of anilines is 2. The lowest BCUT2D eigenvalue weighted by Crippen LogP contribution is -2.17. The van der Waals surface area contributed by atoms with Crippen molar-refractivity contribution in [3.63, 3.8) is 0 Å². The molecule has 0 saturated heterocycles. The number of hydrogen-bond acceptors (Lipinski definition) is 7. The number of rotatable bonds is 9. The lowest BCUT2D eigenvalue weighted by atomic mass is 10.1. The molecule has 0 atom stereocenters. The maximum Gasteiger partial charge on any atom is 0.271 e. The van der Waals surface area contributed by atoms with Crippen LogP contribution in [0.2, 0.25) is 5.02 Å². The second-order valence-electron chi connectivity index (χ2n) is 7.83. The summed E-state index contributed by atoms with van der Waals surface area (Å²) in [6.45, 7) is 2.11. The Kier molecular flexibility index (Phi) is 8.41. The van der Waals surface area contributed by atoms with E-state index in [1.165, 1.54) is 30.2 Å². The first-order valence-corrected chi connectivity index (χ1v) is 12.4. The number of amides is 1. The van der Waals surface area contributed by atoms with Gasteiger partial charge in [0.05, 0.1) is 24.0 Å². The van der Waals surface area contributed by atoms with Crippen molar-refractivity contribution in [2.45, 2.75) is 6.92 Å². The van der Waals surface area contributed by atoms with Crippen molar-refractivity contribution >= 4 is 45.9 Å². The van der Waals surface area contributed by atoms with Crippen molar-refractivity contribution in [3.8, 4) is 35.1 Å². The molecule has 3 aromatic carbocycles. The van der Waals surface area contributed by atoms with Gasteiger partial charge < -0.3 is 14.8 Å². The van der Waals surface area contributed by atoms with Gasteiger partial charge in [-0.25, -0.2) is 10.4 Å². The van der Waals surface area contributed by atoms with Gasteiger partial charge >= 0.3 is 0 Å². The Balaban J connectivity index is 1.37. The van der Waals surface area contributed by atoms with E-state index in [9.17, 15) is 4.79 Å². The largest absolute Gasteiger partial charge is 0.493 e. The SMILES string of the molecule is C#CCOc1c(Cl)cc(/C=N\NC(=O)c2ccc(-c3csc(Nc4ccc(C)cc4)n3)cc2)cc1OC. The summed E-state index contributed by atoms with van der Waals surface area (Å²) in [5.41, 5.74) is 7.50. The Hall–Kier alpha value is -4.32. The number of halogens is 1. The maximum absolute atomic E-state index is 12.5. The minimum atomic E-state index is -0.352. The molecule has 7 nitrogen and oxygen atoms in total. The van der Waals surface area contributed by atoms with Gasteiger partial charge in [-0.2, -0.15) is 5.10 Å². The van der Waals surface area contributed by atoms with Crippen LogP contribution in [0.4, 0.5) is 10.8 Å². The normalized spacial score (nSPS) is 10.6. The van der Waals surface area contributed by atoms with Gasteiger partial charge in [-0.3, -0.25) is 4.79 Å². The van der Waals surface area contributed by atoms with E-state index in [1.54, 1.807) is 24.3 Å². The third-order valence-corrected chi connectivity index (χ3v) is 6.22. The van der Waals surface area contributed by atoms with Gasteiger partial charge in [0.2, 0.25) is 0 Å². The molecule has 0 spiro atoms. The zero-order valence-corrected chi connectivity index (χ0v) is 21.7. The number of aromatic nitrogens is 1. The van der Waals surface area contributed by atoms with Crippen LogP contribution in [0.25, 0.3) is 11.3 Å². The van der Waals surface area contributed by atoms with Gasteiger partial charge in [0.25, 0.3) is 5.91 Å². The fourth-order valence-corrected chi connectivity index (χ4v) is 4.33. The average molecular weight is 531 g/mol. The molecule has 0 fully saturated rings. The molecule has 1 aromatic heterocycles. The predicted molar refractivity (Wildman–Crippen MR) is 149 cm³/mol. The highest BCUT2D eigenvalue weighted by Crippen LogP contribution is 2.36. The van der Waals surface area contributed by atoms with Gasteiger partial charge in [-0.15, -0.1) is 17.8 Å². The van der Waals surface area contributed by atoms with E-state index >= 15 is 0 Å². The van der Waals surface area contributed by atoms with E-state index in [2.05, 4.69) is 26.7 Å². The number of hydrogen-bond donors (Lipinski definition) is 2. The molecule has 0 radical (unpaired) electrons. The quantitative estimate of drug-likeness (QED) is 0.151. The molecule has 1 heterocycles. The number of nitrogens with zero attached hydrogens (tertiary/aromatic N) is 2. The first-order chi connectivity index (χ1) is 18.0. The maximum atomic E-state index is 12.5. The van der Waals surface area contributed by atoms with Crippen LogP contribution in [0.1, 0.15) is 21.5 Å². The number of carbonyl (C=O) groups excluding carboxylic acids is 1. The van der Waals surface area contributed by atoms with Crippen LogP contribution < -0.4 is 20.2 Å². The first-order valence-electron chi connectivity index (χ1n) is 11.1. The molecule has 0 unspecified atom stereocenters. The average Bonchev–Trinajstić information content (AvgIpc) is 3.37. The third kappa shape index (κ3) is 6.67. The Morgan fingerprint density at radius 2 is 1.95 bits per heavy atom. The summed E-state index contributed by atoms with van der Waals surface area (Å²) in [4.78, 5) is 17.2. The number of ether oxygens (including phenoxy) is 2. The summed E-state index contributed by atoms with van der Waals surface area (Å²) in [5.74, 6) is 2.78. The molecular formula is C28H23ClN4O3S. The summed E-state index contributed by atoms with van der Waals surface area (Å²) in [7, 11) is 1.49. The van der Waals surface area contributed by atoms with Crippen LogP contribution in [0.5, 0.6) is 11.5 Å². The molecule has 0 saturated carbocycles. The molecule has 37 heavy (non-hydrogen) atoms. The number of carbonyl (C=O) groups is 1. The minimum Gasteiger partial charge on any atom is -0.493 e. The highest BCUT2D eigenvalue weighted by Gasteiger charge is 2.12. The fraction of sp³-hybridized carbons (Fsp3) is 0.107. The fourth-order valence-electron chi connectivity index (χ4n) is 3.31. The Morgan fingerprint density at radius 3 is 2.65 bits per heavy atom. The molecular weight excluding hydrogens is 508 g/mol. The molecule has 186 valence electrons. The lowest BCUT2D eigenvalue weighted by Gasteiger charge is -2.11. The van der Waals surface area contributed by atoms with Gasteiger partial charge in [0.1, 0.15) is 6.61 Å². The smallest absolute Gasteiger partial charge is 0.271 e. The van der Waals surface area contributed by atoms with E-state index in [0.717, 1.165) is 22.1 Å². The Bertz CT molecular complexity index is 1460. The second-order valence-corrected chi connectivity index (χ2v) is 9.10. The minimum absolute atomic E-state index is 0.0618. The number of aryl methyl sites for hydroxylation is 1. The van der Waals surface area contributed by atoms with E-state index in [4.69, 9.17) is 27.5 Å². The molecule has 1 amide bonds. The van der Waals surface area contributed by atoms with Crippen LogP contribution in [-0.2, 0) is 0 Å². The summed E-state index contributed by atoms with van der Waals surface area (Å²) in [6, 6.07) is 18.6. The molecule has 2 N–H and O–H groups in total. The third-order valence-electron chi connectivity index (χ3n) is 5.18. The summed E-state index contributed by atoms with van der Waals surface area (Å²) in [6.07, 6.45) is 6.69. The number of nitrogens with one attached hydrogen (secondary N) is 2. The molecule has 4 aromatic rings. The number of terminal acetylenes is 1. The number of hydrazone groups is 1. The van der Waals surface area contributed by atoms with Crippen molar-refractivity contribution < 1.29 is 14.3 Å². The van der Waals surface area contributed by atoms with Crippen molar-refractivity contribution in [2.24, 2.45) is 5.10 Å². The molecule has 0 aliphatic rings. The van der Waals surface area contributed by atoms with E-state index < -0.39 is 0 Å². The molecule has 4 rings (SSSR count). The zero-order chi connectivity index (χ0) is 26.2. The number of thiazole rings is 1. The summed E-state index contributed by atoms with van der Waals surface area (Å²) < 4.78 is 10.7. The first kappa shape index (κ1) is 25.8. The van der Waals surface area contributed by atoms with Crippen LogP contribution in [0, 0.1) is 19.3 Å². The number of benzene rings is 3. The Morgan fingerprint density at radius 1 is 1.19 bits per heavy atom. The highest BCUT2D eigenvalue weighted by atomic mass is 35.5. The van der Waals surface area contributed by atoms with Crippen LogP contribution in [0.15, 0.2) is 71.1 Å². The standard InChI is InChI=1S/C28H23ClN4O3S/c1-4-13-36-26-23(29)14-19(15-25(26)35-3)16-30-33-27(34)21-9-7-20(8-10-21)24-17-37-28(32-24)31-22-11-5-18(2)6-12-22/h1,5-12,14-17H,13H2,2-3H3,(H,31,32)(H,33,34)/b30-16-. The van der Waals surface area contributed by atoms with Crippen LogP contribution >= 0.6 is 22.9 Å². The van der Waals surface area contributed by atoms with Crippen molar-refractivity contribution in [1.29, 1.82) is 0 Å². The van der Waals surface area contributed by atoms with Crippen LogP contribution in [0.3, 0.4) is 0 Å². The monoisotopic (exact) mass is 530 g/mol. The van der Waals surface area contributed by atoms with Crippen molar-refractivity contribution in [1.82, 2.24) is 10.4 Å². The lowest BCUT2D eigenvalue weighted by molar-refractivity contribution is 0.0955. The second kappa shape index (κ2) is 12.1. The van der Waals surface area contributed by atoms with E-state index in [0.29, 0.717) is 27.6 Å². The van der Waals surface area contributed by atoms with Crippen LogP contribution in [-0.4, -0.2) is 30.8 Å². The molecule has 0 aliphatic carbocycles. The zero-order valence-electron chi connectivity index (χ0n) is 20.1. The topological polar surface area (TPSA) is 84.8 Å². The van der Waals surface area contributed by atoms with Gasteiger partial charge in [-0.1, -0.05) is 47.4 Å². The van der Waals surface area contributed by atoms with Gasteiger partial charge in [0.15, 0.2) is 16.6 Å². The Labute approximate surface area is 224 Å². The van der Waals surface area contributed by atoms with Crippen molar-refractivity contribution in [2.75, 3.05) is 19.0 Å². The van der Waals surface area contributed by atoms with Gasteiger partial charge in [0, 0.05) is 22.2 Å². The summed E-state index contributed by atoms with van der Waals surface area (Å²) >= 11 is 7.78. The van der Waals surface area contributed by atoms with E-state index in [-0.39, 0.29) is 12.5 Å². The molecule has 0 aliphatic heterocycles. The molecule has 0 bridgehead atoms.